The molecule has 0 aliphatic carbocycles. The summed E-state index contributed by atoms with van der Waals surface area (Å²) < 4.78 is 5.94. The van der Waals surface area contributed by atoms with Gasteiger partial charge in [0.1, 0.15) is 6.54 Å². The lowest BCUT2D eigenvalue weighted by Gasteiger charge is -2.11. The van der Waals surface area contributed by atoms with Gasteiger partial charge in [-0.25, -0.2) is 9.78 Å². The highest BCUT2D eigenvalue weighted by Gasteiger charge is 2.14. The van der Waals surface area contributed by atoms with Gasteiger partial charge in [0, 0.05) is 5.69 Å². The van der Waals surface area contributed by atoms with Crippen LogP contribution in [0.1, 0.15) is 11.1 Å². The molecule has 9 nitrogen and oxygen atoms in total. The summed E-state index contributed by atoms with van der Waals surface area (Å²) in [6.07, 6.45) is 1.24. The molecule has 0 radical (unpaired) electrons. The number of aryl methyl sites for hydroxylation is 1. The summed E-state index contributed by atoms with van der Waals surface area (Å²) in [6, 6.07) is 11.4. The minimum absolute atomic E-state index is 0.369. The number of fused-ring (bicyclic) bond motifs is 1. The van der Waals surface area contributed by atoms with E-state index in [2.05, 4.69) is 15.6 Å². The quantitative estimate of drug-likeness (QED) is 0.623. The molecule has 0 saturated heterocycles. The van der Waals surface area contributed by atoms with Crippen molar-refractivity contribution in [2.75, 3.05) is 11.9 Å². The van der Waals surface area contributed by atoms with E-state index < -0.39 is 36.6 Å². The first kappa shape index (κ1) is 20.7. The average Bonchev–Trinajstić information content (AvgIpc) is 2.72. The normalized spacial score (nSPS) is 10.5. The fourth-order valence-corrected chi connectivity index (χ4v) is 2.75. The number of urea groups is 1. The Morgan fingerprint density at radius 2 is 1.83 bits per heavy atom. The number of nitrogens with one attached hydrogen (secondary N) is 2. The standard InChI is InChI=1S/C21H20N4O5/c1-13-6-5-9-16(14(13)2)23-21(29)24-18(26)11-30-19(27)10-25-12-22-17-8-4-3-7-15(17)20(25)28/h3-9,12H,10-11H2,1-2H3,(H2,23,24,26,29). The highest BCUT2D eigenvalue weighted by atomic mass is 16.5. The van der Waals surface area contributed by atoms with Crippen molar-refractivity contribution in [1.82, 2.24) is 14.9 Å². The summed E-state index contributed by atoms with van der Waals surface area (Å²) in [4.78, 5) is 52.3. The largest absolute Gasteiger partial charge is 0.454 e. The number of benzene rings is 2. The van der Waals surface area contributed by atoms with Crippen LogP contribution in [-0.2, 0) is 20.9 Å². The number of imide groups is 1. The van der Waals surface area contributed by atoms with E-state index in [9.17, 15) is 19.2 Å². The number of anilines is 1. The van der Waals surface area contributed by atoms with Gasteiger partial charge in [-0.3, -0.25) is 24.3 Å². The maximum atomic E-state index is 12.4. The number of hydrogen-bond donors (Lipinski definition) is 2. The number of rotatable bonds is 5. The van der Waals surface area contributed by atoms with Crippen LogP contribution in [0.25, 0.3) is 10.9 Å². The summed E-state index contributed by atoms with van der Waals surface area (Å²) in [7, 11) is 0. The molecule has 3 rings (SSSR count). The average molecular weight is 408 g/mol. The number of hydrogen-bond acceptors (Lipinski definition) is 6. The van der Waals surface area contributed by atoms with E-state index >= 15 is 0 Å². The predicted octanol–water partition coefficient (Wildman–Crippen LogP) is 1.90. The Kier molecular flexibility index (Phi) is 6.21. The topological polar surface area (TPSA) is 119 Å². The van der Waals surface area contributed by atoms with Gasteiger partial charge in [0.05, 0.1) is 17.2 Å². The number of carbonyl (C=O) groups is 3. The van der Waals surface area contributed by atoms with E-state index in [1.165, 1.54) is 6.33 Å². The van der Waals surface area contributed by atoms with Crippen LogP contribution in [0.5, 0.6) is 0 Å². The summed E-state index contributed by atoms with van der Waals surface area (Å²) >= 11 is 0. The van der Waals surface area contributed by atoms with Crippen LogP contribution < -0.4 is 16.2 Å². The van der Waals surface area contributed by atoms with Crippen molar-refractivity contribution in [3.63, 3.8) is 0 Å². The molecular weight excluding hydrogens is 388 g/mol. The molecule has 30 heavy (non-hydrogen) atoms. The molecule has 0 unspecified atom stereocenters. The van der Waals surface area contributed by atoms with Crippen LogP contribution in [0.15, 0.2) is 53.6 Å². The Labute approximate surface area is 171 Å². The van der Waals surface area contributed by atoms with Crippen LogP contribution in [0, 0.1) is 13.8 Å². The van der Waals surface area contributed by atoms with E-state index in [1.807, 2.05) is 19.9 Å². The van der Waals surface area contributed by atoms with Gasteiger partial charge in [0.15, 0.2) is 6.61 Å². The van der Waals surface area contributed by atoms with Crippen molar-refractivity contribution in [3.05, 3.63) is 70.3 Å². The third kappa shape index (κ3) is 4.88. The van der Waals surface area contributed by atoms with Gasteiger partial charge in [-0.2, -0.15) is 0 Å². The molecule has 3 amide bonds. The van der Waals surface area contributed by atoms with Gasteiger partial charge in [-0.1, -0.05) is 24.3 Å². The van der Waals surface area contributed by atoms with E-state index in [0.717, 1.165) is 15.7 Å². The Morgan fingerprint density at radius 1 is 1.07 bits per heavy atom. The Morgan fingerprint density at radius 3 is 2.63 bits per heavy atom. The lowest BCUT2D eigenvalue weighted by molar-refractivity contribution is -0.148. The van der Waals surface area contributed by atoms with Crippen molar-refractivity contribution in [2.45, 2.75) is 20.4 Å². The number of aromatic nitrogens is 2. The van der Waals surface area contributed by atoms with Crippen LogP contribution in [0.4, 0.5) is 10.5 Å². The molecule has 0 spiro atoms. The molecule has 2 aromatic carbocycles. The van der Waals surface area contributed by atoms with E-state index in [0.29, 0.717) is 16.6 Å². The first-order valence-electron chi connectivity index (χ1n) is 9.12. The molecule has 0 fully saturated rings. The van der Waals surface area contributed by atoms with Gasteiger partial charge >= 0.3 is 12.0 Å². The molecule has 0 atom stereocenters. The van der Waals surface area contributed by atoms with Crippen molar-refractivity contribution >= 4 is 34.5 Å². The number of carbonyl (C=O) groups excluding carboxylic acids is 3. The van der Waals surface area contributed by atoms with Crippen LogP contribution in [0.2, 0.25) is 0 Å². The van der Waals surface area contributed by atoms with Crippen LogP contribution in [0.3, 0.4) is 0 Å². The summed E-state index contributed by atoms with van der Waals surface area (Å²) in [6.45, 7) is 2.69. The Bertz CT molecular complexity index is 1190. The molecule has 0 aliphatic rings. The number of esters is 1. The zero-order chi connectivity index (χ0) is 21.7. The molecule has 0 saturated carbocycles. The van der Waals surface area contributed by atoms with E-state index in [1.54, 1.807) is 36.4 Å². The molecule has 0 aliphatic heterocycles. The van der Waals surface area contributed by atoms with Crippen molar-refractivity contribution in [3.8, 4) is 0 Å². The zero-order valence-corrected chi connectivity index (χ0v) is 16.5. The molecule has 1 heterocycles. The molecule has 0 bridgehead atoms. The molecular formula is C21H20N4O5. The predicted molar refractivity (Wildman–Crippen MR) is 110 cm³/mol. The summed E-state index contributed by atoms with van der Waals surface area (Å²) in [5, 5.41) is 5.02. The highest BCUT2D eigenvalue weighted by molar-refractivity contribution is 6.02. The molecule has 3 aromatic rings. The smallest absolute Gasteiger partial charge is 0.326 e. The monoisotopic (exact) mass is 408 g/mol. The third-order valence-corrected chi connectivity index (χ3v) is 4.50. The minimum atomic E-state index is -0.806. The molecule has 154 valence electrons. The number of para-hydroxylation sites is 1. The van der Waals surface area contributed by atoms with Crippen molar-refractivity contribution in [2.24, 2.45) is 0 Å². The fourth-order valence-electron chi connectivity index (χ4n) is 2.75. The van der Waals surface area contributed by atoms with Gasteiger partial charge in [-0.15, -0.1) is 0 Å². The number of ether oxygens (including phenoxy) is 1. The van der Waals surface area contributed by atoms with Crippen LogP contribution in [-0.4, -0.2) is 34.1 Å². The fraction of sp³-hybridized carbons (Fsp3) is 0.190. The Hall–Kier alpha value is -4.01. The second-order valence-electron chi connectivity index (χ2n) is 6.61. The maximum absolute atomic E-state index is 12.4. The van der Waals surface area contributed by atoms with E-state index in [4.69, 9.17) is 4.74 Å². The number of amides is 3. The second-order valence-corrected chi connectivity index (χ2v) is 6.61. The minimum Gasteiger partial charge on any atom is -0.454 e. The lowest BCUT2D eigenvalue weighted by atomic mass is 10.1. The van der Waals surface area contributed by atoms with Gasteiger partial charge in [0.2, 0.25) is 0 Å². The SMILES string of the molecule is Cc1cccc(NC(=O)NC(=O)COC(=O)Cn2cnc3ccccc3c2=O)c1C. The zero-order valence-electron chi connectivity index (χ0n) is 16.5. The van der Waals surface area contributed by atoms with Gasteiger partial charge in [-0.05, 0) is 43.2 Å². The first-order valence-corrected chi connectivity index (χ1v) is 9.12. The maximum Gasteiger partial charge on any atom is 0.326 e. The Balaban J connectivity index is 1.51. The highest BCUT2D eigenvalue weighted by Crippen LogP contribution is 2.17. The van der Waals surface area contributed by atoms with Crippen molar-refractivity contribution < 1.29 is 19.1 Å². The summed E-state index contributed by atoms with van der Waals surface area (Å²) in [5.74, 6) is -1.60. The van der Waals surface area contributed by atoms with E-state index in [-0.39, 0.29) is 0 Å². The van der Waals surface area contributed by atoms with Crippen LogP contribution >= 0.6 is 0 Å². The molecule has 1 aromatic heterocycles. The lowest BCUT2D eigenvalue weighted by Crippen LogP contribution is -2.38. The second kappa shape index (κ2) is 8.99. The third-order valence-electron chi connectivity index (χ3n) is 4.50. The molecule has 2 N–H and O–H groups in total. The summed E-state index contributed by atoms with van der Waals surface area (Å²) in [5.41, 5.74) is 2.56. The van der Waals surface area contributed by atoms with Crippen molar-refractivity contribution in [1.29, 1.82) is 0 Å². The molecule has 9 heteroatoms. The van der Waals surface area contributed by atoms with Gasteiger partial charge < -0.3 is 10.1 Å². The van der Waals surface area contributed by atoms with Gasteiger partial charge in [0.25, 0.3) is 11.5 Å². The first-order chi connectivity index (χ1) is 14.3. The number of nitrogens with zero attached hydrogens (tertiary/aromatic N) is 2.